The zero-order valence-electron chi connectivity index (χ0n) is 4.11. The predicted octanol–water partition coefficient (Wildman–Crippen LogP) is 0.275. The summed E-state index contributed by atoms with van der Waals surface area (Å²) >= 11 is 5.22. The Morgan fingerprint density at radius 3 is 2.67 bits per heavy atom. The van der Waals surface area contributed by atoms with Crippen LogP contribution in [0.1, 0.15) is 0 Å². The summed E-state index contributed by atoms with van der Waals surface area (Å²) in [6, 6.07) is 0. The highest BCUT2D eigenvalue weighted by Crippen LogP contribution is 2.10. The number of hydrogen-bond donors (Lipinski definition) is 0. The standard InChI is InChI=1S/C3HClN3O2/c4-3-2(7(8)9)1-5-6-3/h1H. The first-order chi connectivity index (χ1) is 4.22. The fourth-order valence-electron chi connectivity index (χ4n) is 0.361. The van der Waals surface area contributed by atoms with Crippen LogP contribution in [0.2, 0.25) is 0 Å². The van der Waals surface area contributed by atoms with Gasteiger partial charge in [0.2, 0.25) is 5.16 Å². The summed E-state index contributed by atoms with van der Waals surface area (Å²) in [6.07, 6.45) is 1.00. The summed E-state index contributed by atoms with van der Waals surface area (Å²) in [4.78, 5) is 9.29. The Kier molecular flexibility index (Phi) is 1.35. The molecular weight excluding hydrogens is 146 g/mol. The maximum Gasteiger partial charge on any atom is 0.328 e. The van der Waals surface area contributed by atoms with Crippen molar-refractivity contribution in [3.63, 3.8) is 0 Å². The topological polar surface area (TPSA) is 69.6 Å². The quantitative estimate of drug-likeness (QED) is 0.303. The molecule has 0 N–H and O–H groups in total. The molecule has 0 saturated carbocycles. The summed E-state index contributed by atoms with van der Waals surface area (Å²) in [7, 11) is 0. The van der Waals surface area contributed by atoms with Crippen molar-refractivity contribution in [2.75, 3.05) is 0 Å². The molecule has 9 heavy (non-hydrogen) atoms. The van der Waals surface area contributed by atoms with Crippen LogP contribution in [0.15, 0.2) is 16.0 Å². The first kappa shape index (κ1) is 6.03. The van der Waals surface area contributed by atoms with E-state index in [1.54, 1.807) is 0 Å². The smallest absolute Gasteiger partial charge is 0.258 e. The Morgan fingerprint density at radius 1 is 1.78 bits per heavy atom. The largest absolute Gasteiger partial charge is 0.328 e. The molecule has 1 rings (SSSR count). The zero-order chi connectivity index (χ0) is 6.85. The van der Waals surface area contributed by atoms with E-state index in [9.17, 15) is 10.1 Å². The number of nitrogens with zero attached hydrogens (tertiary/aromatic N) is 3. The van der Waals surface area contributed by atoms with Crippen LogP contribution in [0, 0.1) is 10.1 Å². The Morgan fingerprint density at radius 2 is 2.44 bits per heavy atom. The molecule has 0 unspecified atom stereocenters. The van der Waals surface area contributed by atoms with Crippen LogP contribution in [0.5, 0.6) is 0 Å². The normalized spacial score (nSPS) is 16.1. The van der Waals surface area contributed by atoms with E-state index < -0.39 is 4.92 Å². The average Bonchev–Trinajstić information content (AvgIpc) is 2.13. The Labute approximate surface area is 55.1 Å². The average molecular weight is 147 g/mol. The third-order valence-electron chi connectivity index (χ3n) is 0.734. The molecule has 1 aliphatic heterocycles. The molecule has 5 nitrogen and oxygen atoms in total. The highest BCUT2D eigenvalue weighted by Gasteiger charge is 2.20. The molecule has 0 fully saturated rings. The lowest BCUT2D eigenvalue weighted by Crippen LogP contribution is -1.99. The third-order valence-corrected chi connectivity index (χ3v) is 1.00. The van der Waals surface area contributed by atoms with Gasteiger partial charge in [0.1, 0.15) is 6.21 Å². The van der Waals surface area contributed by atoms with E-state index in [4.69, 9.17) is 11.6 Å². The first-order valence-electron chi connectivity index (χ1n) is 2.00. The molecule has 1 heterocycles. The highest BCUT2D eigenvalue weighted by atomic mass is 35.5. The molecule has 6 heteroatoms. The Hall–Kier alpha value is -1.10. The van der Waals surface area contributed by atoms with E-state index in [0.29, 0.717) is 0 Å². The maximum absolute atomic E-state index is 9.92. The van der Waals surface area contributed by atoms with Gasteiger partial charge in [-0.1, -0.05) is 11.6 Å². The summed E-state index contributed by atoms with van der Waals surface area (Å²) in [6.45, 7) is 0. The monoisotopic (exact) mass is 146 g/mol. The van der Waals surface area contributed by atoms with Crippen molar-refractivity contribution in [2.45, 2.75) is 0 Å². The van der Waals surface area contributed by atoms with Crippen LogP contribution < -0.4 is 5.43 Å². The summed E-state index contributed by atoms with van der Waals surface area (Å²) < 4.78 is 0. The number of rotatable bonds is 1. The number of halogens is 1. The number of hydrogen-bond acceptors (Lipinski definition) is 3. The van der Waals surface area contributed by atoms with Crippen LogP contribution in [0.3, 0.4) is 0 Å². The van der Waals surface area contributed by atoms with Gasteiger partial charge in [-0.25, -0.2) is 0 Å². The lowest BCUT2D eigenvalue weighted by molar-refractivity contribution is -0.414. The van der Waals surface area contributed by atoms with Gasteiger partial charge in [0.05, 0.1) is 4.92 Å². The molecule has 0 bridgehead atoms. The minimum Gasteiger partial charge on any atom is -0.258 e. The minimum atomic E-state index is -0.637. The molecule has 47 valence electrons. The van der Waals surface area contributed by atoms with E-state index in [1.165, 1.54) is 0 Å². The van der Waals surface area contributed by atoms with Crippen molar-refractivity contribution in [3.05, 3.63) is 21.0 Å². The molecule has 0 atom stereocenters. The number of allylic oxidation sites excluding steroid dienone is 1. The SMILES string of the molecule is O=[N+]([O-])C1=C(Cl)[N]N=C1. The van der Waals surface area contributed by atoms with Crippen molar-refractivity contribution in [2.24, 2.45) is 5.10 Å². The zero-order valence-corrected chi connectivity index (χ0v) is 4.87. The van der Waals surface area contributed by atoms with Gasteiger partial charge in [0.15, 0.2) is 0 Å². The predicted molar refractivity (Wildman–Crippen MR) is 30.5 cm³/mol. The Balaban J connectivity index is 2.89. The third kappa shape index (κ3) is 0.996. The molecular formula is C3HClN3O2. The fourth-order valence-corrected chi connectivity index (χ4v) is 0.523. The van der Waals surface area contributed by atoms with Crippen LogP contribution in [-0.4, -0.2) is 11.1 Å². The van der Waals surface area contributed by atoms with E-state index in [1.807, 2.05) is 0 Å². The molecule has 0 amide bonds. The molecule has 0 aromatic rings. The maximum atomic E-state index is 9.92. The summed E-state index contributed by atoms with van der Waals surface area (Å²) in [5, 5.41) is 13.0. The van der Waals surface area contributed by atoms with Crippen molar-refractivity contribution in [1.29, 1.82) is 0 Å². The second-order valence-electron chi connectivity index (χ2n) is 1.28. The van der Waals surface area contributed by atoms with Crippen molar-refractivity contribution in [3.8, 4) is 0 Å². The fraction of sp³-hybridized carbons (Fsp3) is 0. The van der Waals surface area contributed by atoms with Crippen LogP contribution in [0.4, 0.5) is 0 Å². The molecule has 0 saturated heterocycles. The van der Waals surface area contributed by atoms with Crippen LogP contribution >= 0.6 is 11.6 Å². The van der Waals surface area contributed by atoms with E-state index in [0.717, 1.165) is 6.21 Å². The first-order valence-corrected chi connectivity index (χ1v) is 2.38. The summed E-state index contributed by atoms with van der Waals surface area (Å²) in [5.74, 6) is 0. The van der Waals surface area contributed by atoms with E-state index in [-0.39, 0.29) is 10.9 Å². The molecule has 1 radical (unpaired) electrons. The van der Waals surface area contributed by atoms with Crippen molar-refractivity contribution >= 4 is 17.8 Å². The molecule has 0 aromatic carbocycles. The van der Waals surface area contributed by atoms with Gasteiger partial charge in [-0.2, -0.15) is 0 Å². The molecule has 0 aliphatic carbocycles. The van der Waals surface area contributed by atoms with E-state index in [2.05, 4.69) is 10.5 Å². The van der Waals surface area contributed by atoms with Gasteiger partial charge in [-0.3, -0.25) is 10.1 Å². The van der Waals surface area contributed by atoms with Gasteiger partial charge in [-0.15, -0.1) is 10.5 Å². The highest BCUT2D eigenvalue weighted by molar-refractivity contribution is 6.31. The van der Waals surface area contributed by atoms with Crippen molar-refractivity contribution in [1.82, 2.24) is 5.43 Å². The van der Waals surface area contributed by atoms with Gasteiger partial charge in [-0.05, 0) is 0 Å². The van der Waals surface area contributed by atoms with Crippen LogP contribution in [0.25, 0.3) is 0 Å². The van der Waals surface area contributed by atoms with E-state index >= 15 is 0 Å². The van der Waals surface area contributed by atoms with Crippen molar-refractivity contribution < 1.29 is 4.92 Å². The lowest BCUT2D eigenvalue weighted by Gasteiger charge is -1.83. The minimum absolute atomic E-state index is 0.167. The van der Waals surface area contributed by atoms with Gasteiger partial charge < -0.3 is 0 Å². The second kappa shape index (κ2) is 2.02. The Bertz CT molecular complexity index is 209. The number of nitro groups is 1. The van der Waals surface area contributed by atoms with Gasteiger partial charge in [0, 0.05) is 0 Å². The molecule has 1 aliphatic rings. The van der Waals surface area contributed by atoms with Gasteiger partial charge in [0.25, 0.3) is 0 Å². The summed E-state index contributed by atoms with van der Waals surface area (Å²) in [5.41, 5.74) is 2.96. The van der Waals surface area contributed by atoms with Crippen LogP contribution in [-0.2, 0) is 0 Å². The second-order valence-corrected chi connectivity index (χ2v) is 1.64. The molecule has 0 spiro atoms. The van der Waals surface area contributed by atoms with Gasteiger partial charge >= 0.3 is 5.70 Å². The lowest BCUT2D eigenvalue weighted by atomic mass is 10.5. The molecule has 0 aromatic heterocycles.